The maximum absolute atomic E-state index is 6.14. The molecular weight excluding hydrogens is 258 g/mol. The van der Waals surface area contributed by atoms with Crippen LogP contribution < -0.4 is 5.32 Å². The zero-order valence-electron chi connectivity index (χ0n) is 11.7. The Kier molecular flexibility index (Phi) is 4.67. The first-order valence-corrected chi connectivity index (χ1v) is 7.04. The summed E-state index contributed by atoms with van der Waals surface area (Å²) in [5.41, 5.74) is 4.75. The molecule has 0 aliphatic heterocycles. The van der Waals surface area contributed by atoms with Gasteiger partial charge in [-0.05, 0) is 50.0 Å². The maximum Gasteiger partial charge on any atom is 0.198 e. The Morgan fingerprint density at radius 1 is 1.21 bits per heavy atom. The summed E-state index contributed by atoms with van der Waals surface area (Å²) in [6, 6.07) is 8.60. The predicted molar refractivity (Wildman–Crippen MR) is 79.8 cm³/mol. The van der Waals surface area contributed by atoms with Gasteiger partial charge in [-0.3, -0.25) is 0 Å². The molecule has 0 saturated carbocycles. The lowest BCUT2D eigenvalue weighted by molar-refractivity contribution is 0.550. The Bertz CT molecular complexity index is 527. The van der Waals surface area contributed by atoms with E-state index < -0.39 is 0 Å². The van der Waals surface area contributed by atoms with Crippen molar-refractivity contribution in [2.45, 2.75) is 33.2 Å². The van der Waals surface area contributed by atoms with Crippen LogP contribution in [-0.4, -0.2) is 6.54 Å². The van der Waals surface area contributed by atoms with Crippen molar-refractivity contribution in [1.82, 2.24) is 5.32 Å². The smallest absolute Gasteiger partial charge is 0.198 e. The summed E-state index contributed by atoms with van der Waals surface area (Å²) >= 11 is 6.14. The van der Waals surface area contributed by atoms with Crippen molar-refractivity contribution in [1.29, 1.82) is 0 Å². The third kappa shape index (κ3) is 3.40. The first-order valence-electron chi connectivity index (χ1n) is 6.66. The molecule has 3 heteroatoms. The summed E-state index contributed by atoms with van der Waals surface area (Å²) in [5.74, 6) is 0. The van der Waals surface area contributed by atoms with Gasteiger partial charge >= 0.3 is 0 Å². The van der Waals surface area contributed by atoms with E-state index in [1.54, 1.807) is 6.26 Å². The molecule has 0 aliphatic rings. The van der Waals surface area contributed by atoms with Gasteiger partial charge in [0.15, 0.2) is 5.22 Å². The lowest BCUT2D eigenvalue weighted by Crippen LogP contribution is -2.23. The van der Waals surface area contributed by atoms with Crippen LogP contribution >= 0.6 is 11.6 Å². The highest BCUT2D eigenvalue weighted by Crippen LogP contribution is 2.30. The number of benzene rings is 1. The van der Waals surface area contributed by atoms with Crippen LogP contribution in [0.1, 0.15) is 41.6 Å². The molecule has 1 heterocycles. The van der Waals surface area contributed by atoms with Crippen LogP contribution in [-0.2, 0) is 0 Å². The summed E-state index contributed by atoms with van der Waals surface area (Å²) < 4.78 is 5.23. The highest BCUT2D eigenvalue weighted by Gasteiger charge is 2.18. The summed E-state index contributed by atoms with van der Waals surface area (Å²) in [6.45, 7) is 7.33. The fourth-order valence-electron chi connectivity index (χ4n) is 2.38. The van der Waals surface area contributed by atoms with E-state index in [0.717, 1.165) is 18.5 Å². The SMILES string of the molecule is CCCNC(c1cc(C)cc(C)c1)c1ccoc1Cl. The van der Waals surface area contributed by atoms with Crippen molar-refractivity contribution in [3.8, 4) is 0 Å². The molecule has 2 aromatic rings. The molecule has 0 amide bonds. The van der Waals surface area contributed by atoms with E-state index in [0.29, 0.717) is 5.22 Å². The van der Waals surface area contributed by atoms with Crippen molar-refractivity contribution in [2.24, 2.45) is 0 Å². The van der Waals surface area contributed by atoms with Gasteiger partial charge in [0.2, 0.25) is 0 Å². The van der Waals surface area contributed by atoms with Crippen molar-refractivity contribution < 1.29 is 4.42 Å². The van der Waals surface area contributed by atoms with Crippen LogP contribution in [0.25, 0.3) is 0 Å². The fraction of sp³-hybridized carbons (Fsp3) is 0.375. The molecule has 0 aliphatic carbocycles. The largest absolute Gasteiger partial charge is 0.453 e. The maximum atomic E-state index is 6.14. The molecule has 19 heavy (non-hydrogen) atoms. The van der Waals surface area contributed by atoms with E-state index in [4.69, 9.17) is 16.0 Å². The van der Waals surface area contributed by atoms with Crippen LogP contribution in [0.4, 0.5) is 0 Å². The quantitative estimate of drug-likeness (QED) is 0.861. The number of furan rings is 1. The Morgan fingerprint density at radius 3 is 2.42 bits per heavy atom. The summed E-state index contributed by atoms with van der Waals surface area (Å²) in [6.07, 6.45) is 2.72. The van der Waals surface area contributed by atoms with Crippen molar-refractivity contribution in [3.05, 3.63) is 58.0 Å². The minimum absolute atomic E-state index is 0.0878. The van der Waals surface area contributed by atoms with E-state index in [-0.39, 0.29) is 6.04 Å². The normalized spacial score (nSPS) is 12.6. The summed E-state index contributed by atoms with van der Waals surface area (Å²) in [4.78, 5) is 0. The zero-order chi connectivity index (χ0) is 13.8. The van der Waals surface area contributed by atoms with E-state index in [1.807, 2.05) is 6.07 Å². The molecule has 0 fully saturated rings. The predicted octanol–water partition coefficient (Wildman–Crippen LogP) is 4.64. The molecule has 0 saturated heterocycles. The van der Waals surface area contributed by atoms with Crippen molar-refractivity contribution in [3.63, 3.8) is 0 Å². The molecule has 1 N–H and O–H groups in total. The van der Waals surface area contributed by atoms with Crippen LogP contribution in [0.15, 0.2) is 34.9 Å². The van der Waals surface area contributed by atoms with Gasteiger partial charge in [0, 0.05) is 5.56 Å². The van der Waals surface area contributed by atoms with E-state index in [9.17, 15) is 0 Å². The Balaban J connectivity index is 2.39. The van der Waals surface area contributed by atoms with Gasteiger partial charge in [0.05, 0.1) is 12.3 Å². The first kappa shape index (κ1) is 14.2. The number of hydrogen-bond acceptors (Lipinski definition) is 2. The van der Waals surface area contributed by atoms with Gasteiger partial charge in [-0.2, -0.15) is 0 Å². The molecule has 2 rings (SSSR count). The monoisotopic (exact) mass is 277 g/mol. The standard InChI is InChI=1S/C16H20ClNO/c1-4-6-18-15(14-5-7-19-16(14)17)13-9-11(2)8-12(3)10-13/h5,7-10,15,18H,4,6H2,1-3H3. The van der Waals surface area contributed by atoms with Gasteiger partial charge < -0.3 is 9.73 Å². The van der Waals surface area contributed by atoms with E-state index in [1.165, 1.54) is 16.7 Å². The molecule has 1 aromatic carbocycles. The second kappa shape index (κ2) is 6.27. The molecule has 0 spiro atoms. The van der Waals surface area contributed by atoms with Gasteiger partial charge in [0.1, 0.15) is 0 Å². The van der Waals surface area contributed by atoms with E-state index in [2.05, 4.69) is 44.3 Å². The Morgan fingerprint density at radius 2 is 1.89 bits per heavy atom. The van der Waals surface area contributed by atoms with Crippen LogP contribution in [0.5, 0.6) is 0 Å². The van der Waals surface area contributed by atoms with Crippen molar-refractivity contribution in [2.75, 3.05) is 6.54 Å². The fourth-order valence-corrected chi connectivity index (χ4v) is 2.61. The number of rotatable bonds is 5. The zero-order valence-corrected chi connectivity index (χ0v) is 12.4. The molecule has 0 bridgehead atoms. The average Bonchev–Trinajstić information content (AvgIpc) is 2.75. The average molecular weight is 278 g/mol. The summed E-state index contributed by atoms with van der Waals surface area (Å²) in [7, 11) is 0. The first-order chi connectivity index (χ1) is 9.11. The second-order valence-corrected chi connectivity index (χ2v) is 5.30. The number of halogens is 1. The van der Waals surface area contributed by atoms with Crippen LogP contribution in [0.3, 0.4) is 0 Å². The minimum Gasteiger partial charge on any atom is -0.453 e. The number of aryl methyl sites for hydroxylation is 2. The van der Waals surface area contributed by atoms with Crippen LogP contribution in [0.2, 0.25) is 5.22 Å². The lowest BCUT2D eigenvalue weighted by Gasteiger charge is -2.19. The van der Waals surface area contributed by atoms with Gasteiger partial charge in [0.25, 0.3) is 0 Å². The highest BCUT2D eigenvalue weighted by molar-refractivity contribution is 6.29. The Hall–Kier alpha value is -1.25. The van der Waals surface area contributed by atoms with E-state index >= 15 is 0 Å². The molecule has 0 radical (unpaired) electrons. The van der Waals surface area contributed by atoms with Crippen LogP contribution in [0, 0.1) is 13.8 Å². The highest BCUT2D eigenvalue weighted by atomic mass is 35.5. The molecule has 102 valence electrons. The molecule has 2 nitrogen and oxygen atoms in total. The number of nitrogens with one attached hydrogen (secondary N) is 1. The van der Waals surface area contributed by atoms with Crippen molar-refractivity contribution >= 4 is 11.6 Å². The third-order valence-corrected chi connectivity index (χ3v) is 3.44. The Labute approximate surface area is 119 Å². The summed E-state index contributed by atoms with van der Waals surface area (Å²) in [5, 5.41) is 4.00. The third-order valence-electron chi connectivity index (χ3n) is 3.13. The molecule has 1 unspecified atom stereocenters. The molecule has 1 aromatic heterocycles. The van der Waals surface area contributed by atoms with Gasteiger partial charge in [-0.25, -0.2) is 0 Å². The molecular formula is C16H20ClNO. The minimum atomic E-state index is 0.0878. The number of hydrogen-bond donors (Lipinski definition) is 1. The lowest BCUT2D eigenvalue weighted by atomic mass is 9.97. The van der Waals surface area contributed by atoms with Gasteiger partial charge in [-0.1, -0.05) is 36.2 Å². The topological polar surface area (TPSA) is 25.2 Å². The van der Waals surface area contributed by atoms with Gasteiger partial charge in [-0.15, -0.1) is 0 Å². The molecule has 1 atom stereocenters. The second-order valence-electron chi connectivity index (χ2n) is 4.96.